The van der Waals surface area contributed by atoms with Gasteiger partial charge in [0.2, 0.25) is 0 Å². The third kappa shape index (κ3) is 3.93. The molecule has 22 heavy (non-hydrogen) atoms. The van der Waals surface area contributed by atoms with Gasteiger partial charge in [-0.1, -0.05) is 30.3 Å². The van der Waals surface area contributed by atoms with Crippen LogP contribution in [0.4, 0.5) is 0 Å². The maximum atomic E-state index is 12.8. The number of hydrogen-bond donors (Lipinski definition) is 0. The molecule has 1 amide bonds. The quantitative estimate of drug-likeness (QED) is 0.850. The van der Waals surface area contributed by atoms with E-state index >= 15 is 0 Å². The molecule has 2 aromatic rings. The Bertz CT molecular complexity index is 580. The number of carbonyl (C=O) groups excluding carboxylic acids is 1. The highest BCUT2D eigenvalue weighted by Gasteiger charge is 2.27. The second kappa shape index (κ2) is 7.51. The van der Waals surface area contributed by atoms with Gasteiger partial charge in [-0.3, -0.25) is 4.79 Å². The first-order valence-corrected chi connectivity index (χ1v) is 8.53. The molecule has 1 aromatic heterocycles. The Morgan fingerprint density at radius 3 is 2.82 bits per heavy atom. The SMILES string of the molecule is O=C(C1CCCCO1)N(Cc1ccccc1)Cc1nccs1. The number of rotatable bonds is 5. The lowest BCUT2D eigenvalue weighted by molar-refractivity contribution is -0.147. The Kier molecular flexibility index (Phi) is 5.19. The number of amides is 1. The molecule has 1 atom stereocenters. The van der Waals surface area contributed by atoms with Crippen LogP contribution in [0.5, 0.6) is 0 Å². The van der Waals surface area contributed by atoms with Gasteiger partial charge in [0.25, 0.3) is 5.91 Å². The summed E-state index contributed by atoms with van der Waals surface area (Å²) in [4.78, 5) is 19.0. The normalized spacial score (nSPS) is 18.1. The largest absolute Gasteiger partial charge is 0.368 e. The van der Waals surface area contributed by atoms with Gasteiger partial charge in [-0.15, -0.1) is 11.3 Å². The Labute approximate surface area is 134 Å². The van der Waals surface area contributed by atoms with E-state index in [9.17, 15) is 4.79 Å². The molecule has 0 radical (unpaired) electrons. The highest BCUT2D eigenvalue weighted by atomic mass is 32.1. The molecule has 1 aromatic carbocycles. The minimum absolute atomic E-state index is 0.0822. The maximum Gasteiger partial charge on any atom is 0.252 e. The molecule has 0 aliphatic carbocycles. The van der Waals surface area contributed by atoms with Crippen LogP contribution in [0.1, 0.15) is 29.8 Å². The molecule has 0 spiro atoms. The average molecular weight is 316 g/mol. The average Bonchev–Trinajstić information content (AvgIpc) is 3.08. The lowest BCUT2D eigenvalue weighted by Crippen LogP contribution is -2.41. The molecule has 0 N–H and O–H groups in total. The van der Waals surface area contributed by atoms with Crippen LogP contribution in [0.3, 0.4) is 0 Å². The van der Waals surface area contributed by atoms with Crippen molar-refractivity contribution in [2.75, 3.05) is 6.61 Å². The highest BCUT2D eigenvalue weighted by Crippen LogP contribution is 2.19. The number of ether oxygens (including phenoxy) is 1. The van der Waals surface area contributed by atoms with Gasteiger partial charge in [-0.2, -0.15) is 0 Å². The second-order valence-corrected chi connectivity index (χ2v) is 6.44. The highest BCUT2D eigenvalue weighted by molar-refractivity contribution is 7.09. The van der Waals surface area contributed by atoms with Gasteiger partial charge in [0.1, 0.15) is 11.1 Å². The Balaban J connectivity index is 1.74. The minimum Gasteiger partial charge on any atom is -0.368 e. The summed E-state index contributed by atoms with van der Waals surface area (Å²) in [5.74, 6) is 0.0822. The first kappa shape index (κ1) is 15.2. The zero-order chi connectivity index (χ0) is 15.2. The number of thiazole rings is 1. The van der Waals surface area contributed by atoms with Crippen molar-refractivity contribution < 1.29 is 9.53 Å². The summed E-state index contributed by atoms with van der Waals surface area (Å²) in [6, 6.07) is 10.1. The first-order valence-electron chi connectivity index (χ1n) is 7.65. The molecular weight excluding hydrogens is 296 g/mol. The summed E-state index contributed by atoms with van der Waals surface area (Å²) >= 11 is 1.58. The van der Waals surface area contributed by atoms with Crippen molar-refractivity contribution in [2.45, 2.75) is 38.5 Å². The van der Waals surface area contributed by atoms with E-state index in [0.29, 0.717) is 19.7 Å². The molecule has 116 valence electrons. The summed E-state index contributed by atoms with van der Waals surface area (Å²) in [5.41, 5.74) is 1.13. The van der Waals surface area contributed by atoms with Crippen LogP contribution in [0, 0.1) is 0 Å². The smallest absolute Gasteiger partial charge is 0.252 e. The van der Waals surface area contributed by atoms with Crippen molar-refractivity contribution >= 4 is 17.2 Å². The minimum atomic E-state index is -0.294. The second-order valence-electron chi connectivity index (χ2n) is 5.46. The van der Waals surface area contributed by atoms with Crippen LogP contribution in [0.25, 0.3) is 0 Å². The fraction of sp³-hybridized carbons (Fsp3) is 0.412. The molecule has 1 aliphatic heterocycles. The maximum absolute atomic E-state index is 12.8. The van der Waals surface area contributed by atoms with Crippen molar-refractivity contribution in [1.82, 2.24) is 9.88 Å². The van der Waals surface area contributed by atoms with Crippen LogP contribution < -0.4 is 0 Å². The van der Waals surface area contributed by atoms with Crippen molar-refractivity contribution in [3.63, 3.8) is 0 Å². The molecule has 1 saturated heterocycles. The van der Waals surface area contributed by atoms with E-state index < -0.39 is 0 Å². The Morgan fingerprint density at radius 1 is 1.27 bits per heavy atom. The van der Waals surface area contributed by atoms with Gasteiger partial charge in [-0.25, -0.2) is 4.98 Å². The van der Waals surface area contributed by atoms with Crippen LogP contribution in [0.2, 0.25) is 0 Å². The topological polar surface area (TPSA) is 42.4 Å². The van der Waals surface area contributed by atoms with E-state index in [2.05, 4.69) is 4.98 Å². The Hall–Kier alpha value is -1.72. The summed E-state index contributed by atoms with van der Waals surface area (Å²) in [6.45, 7) is 1.83. The molecule has 3 rings (SSSR count). The van der Waals surface area contributed by atoms with E-state index in [0.717, 1.165) is 29.8 Å². The van der Waals surface area contributed by atoms with E-state index in [1.54, 1.807) is 17.5 Å². The zero-order valence-electron chi connectivity index (χ0n) is 12.5. The van der Waals surface area contributed by atoms with E-state index in [1.165, 1.54) is 0 Å². The molecule has 2 heterocycles. The van der Waals surface area contributed by atoms with E-state index in [4.69, 9.17) is 4.74 Å². The molecule has 1 unspecified atom stereocenters. The van der Waals surface area contributed by atoms with Gasteiger partial charge in [0, 0.05) is 24.7 Å². The number of carbonyl (C=O) groups is 1. The number of benzene rings is 1. The first-order chi connectivity index (χ1) is 10.8. The third-order valence-corrected chi connectivity index (χ3v) is 4.56. The fourth-order valence-electron chi connectivity index (χ4n) is 2.65. The van der Waals surface area contributed by atoms with E-state index in [1.807, 2.05) is 40.6 Å². The Morgan fingerprint density at radius 2 is 2.14 bits per heavy atom. The third-order valence-electron chi connectivity index (χ3n) is 3.79. The van der Waals surface area contributed by atoms with Crippen molar-refractivity contribution in [2.24, 2.45) is 0 Å². The van der Waals surface area contributed by atoms with Gasteiger partial charge in [0.15, 0.2) is 0 Å². The van der Waals surface area contributed by atoms with Gasteiger partial charge < -0.3 is 9.64 Å². The van der Waals surface area contributed by atoms with Crippen LogP contribution in [-0.2, 0) is 22.6 Å². The lowest BCUT2D eigenvalue weighted by Gasteiger charge is -2.29. The van der Waals surface area contributed by atoms with Crippen LogP contribution in [0.15, 0.2) is 41.9 Å². The number of aromatic nitrogens is 1. The molecule has 1 fully saturated rings. The fourth-order valence-corrected chi connectivity index (χ4v) is 3.28. The number of nitrogens with zero attached hydrogens (tertiary/aromatic N) is 2. The number of hydrogen-bond acceptors (Lipinski definition) is 4. The zero-order valence-corrected chi connectivity index (χ0v) is 13.3. The lowest BCUT2D eigenvalue weighted by atomic mass is 10.1. The summed E-state index contributed by atoms with van der Waals surface area (Å²) in [5, 5.41) is 2.90. The molecular formula is C17H20N2O2S. The molecule has 1 aliphatic rings. The van der Waals surface area contributed by atoms with Crippen LogP contribution in [-0.4, -0.2) is 28.5 Å². The molecule has 0 bridgehead atoms. The van der Waals surface area contributed by atoms with Gasteiger partial charge in [-0.05, 0) is 24.8 Å². The van der Waals surface area contributed by atoms with E-state index in [-0.39, 0.29) is 12.0 Å². The molecule has 5 heteroatoms. The van der Waals surface area contributed by atoms with Crippen molar-refractivity contribution in [1.29, 1.82) is 0 Å². The summed E-state index contributed by atoms with van der Waals surface area (Å²) < 4.78 is 5.67. The summed E-state index contributed by atoms with van der Waals surface area (Å²) in [6.07, 6.45) is 4.42. The van der Waals surface area contributed by atoms with Gasteiger partial charge >= 0.3 is 0 Å². The molecule has 4 nitrogen and oxygen atoms in total. The van der Waals surface area contributed by atoms with Crippen molar-refractivity contribution in [3.05, 3.63) is 52.5 Å². The summed E-state index contributed by atoms with van der Waals surface area (Å²) in [7, 11) is 0. The predicted octanol–water partition coefficient (Wildman–Crippen LogP) is 3.24. The van der Waals surface area contributed by atoms with Crippen LogP contribution >= 0.6 is 11.3 Å². The van der Waals surface area contributed by atoms with Crippen molar-refractivity contribution in [3.8, 4) is 0 Å². The predicted molar refractivity (Wildman–Crippen MR) is 86.4 cm³/mol. The standard InChI is InChI=1S/C17H20N2O2S/c20-17(15-8-4-5-10-21-15)19(13-16-18-9-11-22-16)12-14-6-2-1-3-7-14/h1-3,6-7,9,11,15H,4-5,8,10,12-13H2. The molecule has 0 saturated carbocycles. The monoisotopic (exact) mass is 316 g/mol. The van der Waals surface area contributed by atoms with Gasteiger partial charge in [0.05, 0.1) is 6.54 Å².